The van der Waals surface area contributed by atoms with Crippen molar-refractivity contribution >= 4 is 35.7 Å². The molecule has 0 aliphatic carbocycles. The van der Waals surface area contributed by atoms with Gasteiger partial charge in [-0.25, -0.2) is 22.2 Å². The van der Waals surface area contributed by atoms with Gasteiger partial charge in [-0.05, 0) is 34.5 Å². The maximum atomic E-state index is 12.4. The second kappa shape index (κ2) is 4.31. The fourth-order valence-corrected chi connectivity index (χ4v) is 2.70. The van der Waals surface area contributed by atoms with Crippen molar-refractivity contribution in [1.82, 2.24) is 4.98 Å². The molecule has 15 heavy (non-hydrogen) atoms. The summed E-state index contributed by atoms with van der Waals surface area (Å²) in [5.41, 5.74) is -0.430. The first kappa shape index (κ1) is 12.8. The van der Waals surface area contributed by atoms with E-state index in [1.54, 1.807) is 0 Å². The van der Waals surface area contributed by atoms with Crippen LogP contribution in [-0.2, 0) is 9.05 Å². The molecule has 0 aliphatic rings. The van der Waals surface area contributed by atoms with Gasteiger partial charge in [-0.1, -0.05) is 0 Å². The Bertz CT molecular complexity index is 492. The maximum absolute atomic E-state index is 12.4. The number of pyridine rings is 1. The van der Waals surface area contributed by atoms with Gasteiger partial charge in [0.2, 0.25) is 0 Å². The molecule has 0 saturated heterocycles. The van der Waals surface area contributed by atoms with Crippen molar-refractivity contribution in [3.05, 3.63) is 21.8 Å². The van der Waals surface area contributed by atoms with Crippen molar-refractivity contribution in [2.24, 2.45) is 0 Å². The van der Waals surface area contributed by atoms with Gasteiger partial charge < -0.3 is 0 Å². The smallest absolute Gasteiger partial charge is 0.233 e. The lowest BCUT2D eigenvalue weighted by Gasteiger charge is -2.06. The summed E-state index contributed by atoms with van der Waals surface area (Å²) in [4.78, 5) is 3.33. The molecule has 1 rings (SSSR count). The minimum Gasteiger partial charge on any atom is -0.233 e. The van der Waals surface area contributed by atoms with Crippen molar-refractivity contribution in [2.45, 2.75) is 18.4 Å². The van der Waals surface area contributed by atoms with E-state index in [9.17, 15) is 17.2 Å². The first-order valence-electron chi connectivity index (χ1n) is 3.63. The third kappa shape index (κ3) is 2.85. The summed E-state index contributed by atoms with van der Waals surface area (Å²) in [6, 6.07) is 1.24. The molecule has 0 aromatic carbocycles. The molecule has 8 heteroatoms. The standard InChI is InChI=1S/C7H5BrClF2NO2S/c1-3-2-4(8)5(6(10)11)12-7(3)15(9,13)14/h2,6H,1H3. The normalized spacial score (nSPS) is 12.1. The first-order valence-corrected chi connectivity index (χ1v) is 6.73. The molecule has 1 aromatic rings. The lowest BCUT2D eigenvalue weighted by atomic mass is 10.3. The molecule has 3 nitrogen and oxygen atoms in total. The SMILES string of the molecule is Cc1cc(Br)c(C(F)F)nc1S(=O)(=O)Cl. The molecule has 0 aliphatic heterocycles. The highest BCUT2D eigenvalue weighted by molar-refractivity contribution is 9.10. The number of hydrogen-bond acceptors (Lipinski definition) is 3. The summed E-state index contributed by atoms with van der Waals surface area (Å²) in [5.74, 6) is 0. The van der Waals surface area contributed by atoms with Crippen molar-refractivity contribution in [1.29, 1.82) is 0 Å². The van der Waals surface area contributed by atoms with Gasteiger partial charge in [0.05, 0.1) is 0 Å². The number of aromatic nitrogens is 1. The third-order valence-corrected chi connectivity index (χ3v) is 3.53. The zero-order chi connectivity index (χ0) is 11.8. The summed E-state index contributed by atoms with van der Waals surface area (Å²) >= 11 is 2.87. The van der Waals surface area contributed by atoms with E-state index in [1.807, 2.05) is 0 Å². The monoisotopic (exact) mass is 319 g/mol. The predicted octanol–water partition coefficient (Wildman–Crippen LogP) is 3.02. The summed E-state index contributed by atoms with van der Waals surface area (Å²) in [6.07, 6.45) is -2.86. The Labute approximate surface area is 98.0 Å². The van der Waals surface area contributed by atoms with Gasteiger partial charge in [-0.2, -0.15) is 0 Å². The molecule has 1 aromatic heterocycles. The van der Waals surface area contributed by atoms with Crippen LogP contribution in [0.4, 0.5) is 8.78 Å². The highest BCUT2D eigenvalue weighted by Gasteiger charge is 2.22. The van der Waals surface area contributed by atoms with Crippen LogP contribution in [0.25, 0.3) is 0 Å². The Kier molecular flexibility index (Phi) is 3.67. The van der Waals surface area contributed by atoms with Gasteiger partial charge in [-0.3, -0.25) is 0 Å². The molecule has 84 valence electrons. The summed E-state index contributed by atoms with van der Waals surface area (Å²) < 4.78 is 46.8. The van der Waals surface area contributed by atoms with Crippen molar-refractivity contribution in [3.8, 4) is 0 Å². The number of halogens is 4. The number of alkyl halides is 2. The van der Waals surface area contributed by atoms with Gasteiger partial charge in [0, 0.05) is 15.2 Å². The Balaban J connectivity index is 3.50. The predicted molar refractivity (Wildman–Crippen MR) is 54.7 cm³/mol. The number of aryl methyl sites for hydroxylation is 1. The second-order valence-electron chi connectivity index (χ2n) is 2.72. The highest BCUT2D eigenvalue weighted by Crippen LogP contribution is 2.29. The van der Waals surface area contributed by atoms with Gasteiger partial charge in [0.1, 0.15) is 5.69 Å². The largest absolute Gasteiger partial charge is 0.281 e. The van der Waals surface area contributed by atoms with E-state index < -0.39 is 26.2 Å². The van der Waals surface area contributed by atoms with Crippen LogP contribution in [0, 0.1) is 6.92 Å². The number of rotatable bonds is 2. The third-order valence-electron chi connectivity index (χ3n) is 1.58. The molecule has 0 atom stereocenters. The molecule has 0 radical (unpaired) electrons. The molecule has 0 saturated carbocycles. The Morgan fingerprint density at radius 3 is 2.47 bits per heavy atom. The minimum atomic E-state index is -4.10. The molecule has 0 unspecified atom stereocenters. The highest BCUT2D eigenvalue weighted by atomic mass is 79.9. The molecule has 0 spiro atoms. The van der Waals surface area contributed by atoms with Gasteiger partial charge >= 0.3 is 0 Å². The quantitative estimate of drug-likeness (QED) is 0.787. The zero-order valence-electron chi connectivity index (χ0n) is 7.34. The van der Waals surface area contributed by atoms with E-state index in [2.05, 4.69) is 20.9 Å². The molecule has 0 fully saturated rings. The van der Waals surface area contributed by atoms with Crippen LogP contribution in [-0.4, -0.2) is 13.4 Å². The molecular formula is C7H5BrClF2NO2S. The van der Waals surface area contributed by atoms with E-state index >= 15 is 0 Å². The van der Waals surface area contributed by atoms with Crippen molar-refractivity contribution < 1.29 is 17.2 Å². The maximum Gasteiger partial charge on any atom is 0.281 e. The van der Waals surface area contributed by atoms with Crippen LogP contribution in [0.15, 0.2) is 15.6 Å². The molecule has 0 bridgehead atoms. The molecule has 0 amide bonds. The molecule has 1 heterocycles. The number of nitrogens with zero attached hydrogens (tertiary/aromatic N) is 1. The lowest BCUT2D eigenvalue weighted by molar-refractivity contribution is 0.144. The Morgan fingerprint density at radius 2 is 2.07 bits per heavy atom. The zero-order valence-corrected chi connectivity index (χ0v) is 10.5. The van der Waals surface area contributed by atoms with E-state index in [0.717, 1.165) is 0 Å². The van der Waals surface area contributed by atoms with Crippen LogP contribution in [0.1, 0.15) is 17.7 Å². The summed E-state index contributed by atoms with van der Waals surface area (Å²) in [6.45, 7) is 1.42. The van der Waals surface area contributed by atoms with Gasteiger partial charge in [0.15, 0.2) is 5.03 Å². The second-order valence-corrected chi connectivity index (χ2v) is 6.05. The van der Waals surface area contributed by atoms with Gasteiger partial charge in [-0.15, -0.1) is 0 Å². The molecule has 0 N–H and O–H groups in total. The average Bonchev–Trinajstić information content (AvgIpc) is 2.00. The summed E-state index contributed by atoms with van der Waals surface area (Å²) in [5, 5.41) is -0.539. The van der Waals surface area contributed by atoms with E-state index in [-0.39, 0.29) is 10.0 Å². The fraction of sp³-hybridized carbons (Fsp3) is 0.286. The Morgan fingerprint density at radius 1 is 1.53 bits per heavy atom. The van der Waals surface area contributed by atoms with Gasteiger partial charge in [0.25, 0.3) is 15.5 Å². The fourth-order valence-electron chi connectivity index (χ4n) is 0.977. The Hall–Kier alpha value is -0.270. The molecular weight excluding hydrogens is 316 g/mol. The van der Waals surface area contributed by atoms with Crippen molar-refractivity contribution in [2.75, 3.05) is 0 Å². The van der Waals surface area contributed by atoms with Crippen LogP contribution >= 0.6 is 26.6 Å². The first-order chi connectivity index (χ1) is 6.73. The average molecular weight is 321 g/mol. The van der Waals surface area contributed by atoms with Crippen LogP contribution in [0.2, 0.25) is 0 Å². The van der Waals surface area contributed by atoms with Crippen LogP contribution in [0.5, 0.6) is 0 Å². The minimum absolute atomic E-state index is 0.0547. The van der Waals surface area contributed by atoms with Crippen LogP contribution < -0.4 is 0 Å². The van der Waals surface area contributed by atoms with Crippen LogP contribution in [0.3, 0.4) is 0 Å². The number of hydrogen-bond donors (Lipinski definition) is 0. The van der Waals surface area contributed by atoms with E-state index in [4.69, 9.17) is 10.7 Å². The topological polar surface area (TPSA) is 47.0 Å². The lowest BCUT2D eigenvalue weighted by Crippen LogP contribution is -2.03. The van der Waals surface area contributed by atoms with E-state index in [1.165, 1.54) is 13.0 Å². The van der Waals surface area contributed by atoms with Crippen molar-refractivity contribution in [3.63, 3.8) is 0 Å². The van der Waals surface area contributed by atoms with E-state index in [0.29, 0.717) is 0 Å². The summed E-state index contributed by atoms with van der Waals surface area (Å²) in [7, 11) is 0.943.